The molecule has 106 valence electrons. The van der Waals surface area contributed by atoms with Gasteiger partial charge < -0.3 is 10.1 Å². The zero-order valence-electron chi connectivity index (χ0n) is 12.3. The first kappa shape index (κ1) is 15.7. The van der Waals surface area contributed by atoms with Crippen LogP contribution in [0.3, 0.4) is 0 Å². The molecule has 0 saturated heterocycles. The highest BCUT2D eigenvalue weighted by molar-refractivity contribution is 5.76. The molecule has 1 N–H and O–H groups in total. The van der Waals surface area contributed by atoms with Gasteiger partial charge in [-0.2, -0.15) is 0 Å². The van der Waals surface area contributed by atoms with Gasteiger partial charge in [0.1, 0.15) is 0 Å². The summed E-state index contributed by atoms with van der Waals surface area (Å²) in [6, 6.07) is 6.38. The molecule has 0 saturated carbocycles. The van der Waals surface area contributed by atoms with E-state index >= 15 is 0 Å². The third kappa shape index (κ3) is 6.39. The summed E-state index contributed by atoms with van der Waals surface area (Å²) >= 11 is 0. The second kappa shape index (κ2) is 8.70. The molecule has 0 atom stereocenters. The first-order valence-electron chi connectivity index (χ1n) is 7.04. The number of amides is 1. The molecule has 0 radical (unpaired) electrons. The van der Waals surface area contributed by atoms with Crippen molar-refractivity contribution < 1.29 is 9.53 Å². The topological polar surface area (TPSA) is 38.3 Å². The Balaban J connectivity index is 2.20. The summed E-state index contributed by atoms with van der Waals surface area (Å²) in [5.74, 6) is 0.120. The molecule has 0 spiro atoms. The highest BCUT2D eigenvalue weighted by Crippen LogP contribution is 2.11. The van der Waals surface area contributed by atoms with Crippen molar-refractivity contribution in [3.05, 3.63) is 34.9 Å². The van der Waals surface area contributed by atoms with E-state index in [0.717, 1.165) is 19.4 Å². The summed E-state index contributed by atoms with van der Waals surface area (Å²) in [6.45, 7) is 8.33. The molecule has 0 aliphatic rings. The molecule has 1 amide bonds. The number of hydrogen-bond acceptors (Lipinski definition) is 2. The summed E-state index contributed by atoms with van der Waals surface area (Å²) in [5, 5.41) is 2.92. The molecule has 0 unspecified atom stereocenters. The minimum atomic E-state index is 0.120. The van der Waals surface area contributed by atoms with Crippen LogP contribution in [-0.2, 0) is 16.0 Å². The minimum Gasteiger partial charge on any atom is -0.382 e. The van der Waals surface area contributed by atoms with E-state index < -0.39 is 0 Å². The summed E-state index contributed by atoms with van der Waals surface area (Å²) in [6.07, 6.45) is 2.23. The number of ether oxygens (including phenoxy) is 1. The molecule has 0 fully saturated rings. The number of aryl methyl sites for hydroxylation is 3. The maximum absolute atomic E-state index is 11.6. The Bertz CT molecular complexity index is 402. The van der Waals surface area contributed by atoms with Crippen molar-refractivity contribution in [1.29, 1.82) is 0 Å². The van der Waals surface area contributed by atoms with Gasteiger partial charge in [0.2, 0.25) is 5.91 Å². The van der Waals surface area contributed by atoms with E-state index in [-0.39, 0.29) is 5.91 Å². The van der Waals surface area contributed by atoms with Crippen molar-refractivity contribution in [3.8, 4) is 0 Å². The van der Waals surface area contributed by atoms with Crippen LogP contribution in [0.25, 0.3) is 0 Å². The SMILES string of the molecule is CCOCCCNC(=O)CCc1ccc(C)c(C)c1. The number of carbonyl (C=O) groups is 1. The van der Waals surface area contributed by atoms with Gasteiger partial charge in [-0.1, -0.05) is 18.2 Å². The van der Waals surface area contributed by atoms with Crippen LogP contribution in [0.2, 0.25) is 0 Å². The number of carbonyl (C=O) groups excluding carboxylic acids is 1. The lowest BCUT2D eigenvalue weighted by molar-refractivity contribution is -0.121. The van der Waals surface area contributed by atoms with Crippen molar-refractivity contribution >= 4 is 5.91 Å². The molecular weight excluding hydrogens is 238 g/mol. The Morgan fingerprint density at radius 2 is 2.05 bits per heavy atom. The number of hydrogen-bond donors (Lipinski definition) is 1. The van der Waals surface area contributed by atoms with E-state index in [1.54, 1.807) is 0 Å². The van der Waals surface area contributed by atoms with Gasteiger partial charge in [0.25, 0.3) is 0 Å². The molecule has 1 rings (SSSR count). The zero-order chi connectivity index (χ0) is 14.1. The van der Waals surface area contributed by atoms with E-state index in [9.17, 15) is 4.79 Å². The van der Waals surface area contributed by atoms with E-state index in [0.29, 0.717) is 19.6 Å². The predicted octanol–water partition coefficient (Wildman–Crippen LogP) is 2.78. The second-order valence-electron chi connectivity index (χ2n) is 4.82. The van der Waals surface area contributed by atoms with Gasteiger partial charge in [0.15, 0.2) is 0 Å². The lowest BCUT2D eigenvalue weighted by atomic mass is 10.0. The van der Waals surface area contributed by atoms with Crippen LogP contribution >= 0.6 is 0 Å². The summed E-state index contributed by atoms with van der Waals surface area (Å²) < 4.78 is 5.22. The maximum Gasteiger partial charge on any atom is 0.220 e. The lowest BCUT2D eigenvalue weighted by Gasteiger charge is -2.07. The quantitative estimate of drug-likeness (QED) is 0.732. The Labute approximate surface area is 116 Å². The monoisotopic (exact) mass is 263 g/mol. The van der Waals surface area contributed by atoms with Gasteiger partial charge in [-0.25, -0.2) is 0 Å². The third-order valence-electron chi connectivity index (χ3n) is 3.20. The Hall–Kier alpha value is -1.35. The second-order valence-corrected chi connectivity index (χ2v) is 4.82. The molecule has 0 aliphatic carbocycles. The van der Waals surface area contributed by atoms with Crippen molar-refractivity contribution in [2.75, 3.05) is 19.8 Å². The first-order valence-corrected chi connectivity index (χ1v) is 7.04. The molecule has 19 heavy (non-hydrogen) atoms. The predicted molar refractivity (Wildman–Crippen MR) is 78.4 cm³/mol. The zero-order valence-corrected chi connectivity index (χ0v) is 12.3. The Morgan fingerprint density at radius 1 is 1.26 bits per heavy atom. The highest BCUT2D eigenvalue weighted by Gasteiger charge is 2.02. The maximum atomic E-state index is 11.6. The smallest absolute Gasteiger partial charge is 0.220 e. The average molecular weight is 263 g/mol. The highest BCUT2D eigenvalue weighted by atomic mass is 16.5. The fraction of sp³-hybridized carbons (Fsp3) is 0.562. The molecule has 0 aliphatic heterocycles. The van der Waals surface area contributed by atoms with Gasteiger partial charge in [-0.05, 0) is 50.3 Å². The normalized spacial score (nSPS) is 10.5. The van der Waals surface area contributed by atoms with E-state index in [4.69, 9.17) is 4.74 Å². The van der Waals surface area contributed by atoms with Crippen LogP contribution in [0.15, 0.2) is 18.2 Å². The summed E-state index contributed by atoms with van der Waals surface area (Å²) in [5.41, 5.74) is 3.81. The van der Waals surface area contributed by atoms with E-state index in [1.807, 2.05) is 6.92 Å². The first-order chi connectivity index (χ1) is 9.13. The molecule has 3 nitrogen and oxygen atoms in total. The number of rotatable bonds is 8. The molecule has 0 heterocycles. The van der Waals surface area contributed by atoms with E-state index in [1.165, 1.54) is 16.7 Å². The van der Waals surface area contributed by atoms with Gasteiger partial charge >= 0.3 is 0 Å². The van der Waals surface area contributed by atoms with E-state index in [2.05, 4.69) is 37.4 Å². The van der Waals surface area contributed by atoms with Crippen LogP contribution in [0, 0.1) is 13.8 Å². The van der Waals surface area contributed by atoms with Crippen molar-refractivity contribution in [3.63, 3.8) is 0 Å². The van der Waals surface area contributed by atoms with Gasteiger partial charge in [-0.15, -0.1) is 0 Å². The van der Waals surface area contributed by atoms with Gasteiger partial charge in [0, 0.05) is 26.2 Å². The molecular formula is C16H25NO2. The summed E-state index contributed by atoms with van der Waals surface area (Å²) in [4.78, 5) is 11.6. The number of benzene rings is 1. The molecule has 0 aromatic heterocycles. The van der Waals surface area contributed by atoms with Crippen molar-refractivity contribution in [1.82, 2.24) is 5.32 Å². The Morgan fingerprint density at radius 3 is 2.74 bits per heavy atom. The lowest BCUT2D eigenvalue weighted by Crippen LogP contribution is -2.25. The average Bonchev–Trinajstić information content (AvgIpc) is 2.40. The largest absolute Gasteiger partial charge is 0.382 e. The molecule has 1 aromatic carbocycles. The van der Waals surface area contributed by atoms with Gasteiger partial charge in [0.05, 0.1) is 0 Å². The van der Waals surface area contributed by atoms with Crippen LogP contribution in [-0.4, -0.2) is 25.7 Å². The third-order valence-corrected chi connectivity index (χ3v) is 3.20. The van der Waals surface area contributed by atoms with Gasteiger partial charge in [-0.3, -0.25) is 4.79 Å². The molecule has 0 bridgehead atoms. The fourth-order valence-corrected chi connectivity index (χ4v) is 1.85. The molecule has 1 aromatic rings. The molecule has 3 heteroatoms. The standard InChI is InChI=1S/C16H25NO2/c1-4-19-11-5-10-17-16(18)9-8-15-7-6-13(2)14(3)12-15/h6-7,12H,4-5,8-11H2,1-3H3,(H,17,18). The minimum absolute atomic E-state index is 0.120. The fourth-order valence-electron chi connectivity index (χ4n) is 1.85. The van der Waals surface area contributed by atoms with Crippen LogP contribution in [0.5, 0.6) is 0 Å². The van der Waals surface area contributed by atoms with Crippen LogP contribution < -0.4 is 5.32 Å². The van der Waals surface area contributed by atoms with Crippen molar-refractivity contribution in [2.45, 2.75) is 40.0 Å². The van der Waals surface area contributed by atoms with Crippen LogP contribution in [0.4, 0.5) is 0 Å². The number of nitrogens with one attached hydrogen (secondary N) is 1. The van der Waals surface area contributed by atoms with Crippen molar-refractivity contribution in [2.24, 2.45) is 0 Å². The Kier molecular flexibility index (Phi) is 7.19. The summed E-state index contributed by atoms with van der Waals surface area (Å²) in [7, 11) is 0. The van der Waals surface area contributed by atoms with Crippen LogP contribution in [0.1, 0.15) is 36.5 Å².